The Morgan fingerprint density at radius 1 is 1.12 bits per heavy atom. The second-order valence-corrected chi connectivity index (χ2v) is 8.51. The average Bonchev–Trinajstić information content (AvgIpc) is 2.89. The van der Waals surface area contributed by atoms with Gasteiger partial charge in [0.2, 0.25) is 5.91 Å². The number of para-hydroxylation sites is 1. The van der Waals surface area contributed by atoms with Crippen molar-refractivity contribution < 1.29 is 19.1 Å². The van der Waals surface area contributed by atoms with Crippen LogP contribution in [0.5, 0.6) is 5.75 Å². The molecular weight excluding hydrogens is 420 g/mol. The summed E-state index contributed by atoms with van der Waals surface area (Å²) in [6, 6.07) is 12.9. The lowest BCUT2D eigenvalue weighted by atomic mass is 9.75. The van der Waals surface area contributed by atoms with Gasteiger partial charge < -0.3 is 19.7 Å². The Labute approximate surface area is 194 Å². The third-order valence-electron chi connectivity index (χ3n) is 6.48. The van der Waals surface area contributed by atoms with E-state index in [4.69, 9.17) is 9.47 Å². The van der Waals surface area contributed by atoms with Crippen molar-refractivity contribution in [1.82, 2.24) is 20.1 Å². The Hall–Kier alpha value is -2.97. The van der Waals surface area contributed by atoms with E-state index in [1.165, 1.54) is 0 Å². The second kappa shape index (κ2) is 10.8. The molecule has 0 radical (unpaired) electrons. The van der Waals surface area contributed by atoms with Crippen molar-refractivity contribution in [1.29, 1.82) is 0 Å². The van der Waals surface area contributed by atoms with Crippen molar-refractivity contribution in [3.8, 4) is 5.75 Å². The summed E-state index contributed by atoms with van der Waals surface area (Å²) >= 11 is 0. The minimum absolute atomic E-state index is 0.117. The van der Waals surface area contributed by atoms with Crippen molar-refractivity contribution in [2.24, 2.45) is 0 Å². The number of likely N-dealkylation sites (tertiary alicyclic amines) is 1. The highest BCUT2D eigenvalue weighted by molar-refractivity contribution is 5.98. The van der Waals surface area contributed by atoms with E-state index in [1.807, 2.05) is 36.4 Å². The van der Waals surface area contributed by atoms with Crippen molar-refractivity contribution >= 4 is 11.8 Å². The van der Waals surface area contributed by atoms with E-state index >= 15 is 0 Å². The number of pyridine rings is 1. The summed E-state index contributed by atoms with van der Waals surface area (Å²) in [7, 11) is 1.63. The lowest BCUT2D eigenvalue weighted by Crippen LogP contribution is -2.56. The van der Waals surface area contributed by atoms with Crippen molar-refractivity contribution in [3.63, 3.8) is 0 Å². The van der Waals surface area contributed by atoms with E-state index in [-0.39, 0.29) is 18.4 Å². The number of rotatable bonds is 7. The minimum Gasteiger partial charge on any atom is -0.491 e. The lowest BCUT2D eigenvalue weighted by Gasteiger charge is -2.41. The van der Waals surface area contributed by atoms with E-state index in [0.29, 0.717) is 36.6 Å². The Bertz CT molecular complexity index is 948. The maximum Gasteiger partial charge on any atom is 0.257 e. The van der Waals surface area contributed by atoms with Gasteiger partial charge in [-0.1, -0.05) is 18.2 Å². The summed E-state index contributed by atoms with van der Waals surface area (Å²) in [4.78, 5) is 35.1. The van der Waals surface area contributed by atoms with E-state index < -0.39 is 5.41 Å². The number of likely N-dealkylation sites (N-methyl/N-ethyl adjacent to an activating group) is 1. The largest absolute Gasteiger partial charge is 0.491 e. The third-order valence-corrected chi connectivity index (χ3v) is 6.48. The number of carbonyl (C=O) groups excluding carboxylic acids is 2. The molecule has 2 amide bonds. The van der Waals surface area contributed by atoms with Crippen LogP contribution in [0.25, 0.3) is 0 Å². The van der Waals surface area contributed by atoms with Crippen LogP contribution in [0.15, 0.2) is 48.7 Å². The molecule has 0 spiro atoms. The highest BCUT2D eigenvalue weighted by atomic mass is 16.5. The zero-order valence-electron chi connectivity index (χ0n) is 19.2. The molecule has 1 N–H and O–H groups in total. The topological polar surface area (TPSA) is 84.0 Å². The van der Waals surface area contributed by atoms with Gasteiger partial charge in [-0.25, -0.2) is 0 Å². The van der Waals surface area contributed by atoms with Crippen LogP contribution in [-0.4, -0.2) is 86.2 Å². The molecule has 8 nitrogen and oxygen atoms in total. The molecule has 2 aliphatic rings. The lowest BCUT2D eigenvalue weighted by molar-refractivity contribution is -0.128. The normalized spacial score (nSPS) is 21.4. The predicted molar refractivity (Wildman–Crippen MR) is 124 cm³/mol. The number of nitrogens with one attached hydrogen (secondary N) is 1. The zero-order valence-corrected chi connectivity index (χ0v) is 19.2. The van der Waals surface area contributed by atoms with Gasteiger partial charge in [0.05, 0.1) is 24.5 Å². The molecule has 2 aliphatic heterocycles. The minimum atomic E-state index is -0.865. The fourth-order valence-electron chi connectivity index (χ4n) is 4.67. The molecule has 33 heavy (non-hydrogen) atoms. The van der Waals surface area contributed by atoms with Crippen LogP contribution in [0.1, 0.15) is 28.9 Å². The van der Waals surface area contributed by atoms with Gasteiger partial charge in [-0.2, -0.15) is 0 Å². The first-order valence-electron chi connectivity index (χ1n) is 11.6. The van der Waals surface area contributed by atoms with Crippen LogP contribution < -0.4 is 10.1 Å². The van der Waals surface area contributed by atoms with Gasteiger partial charge >= 0.3 is 0 Å². The Morgan fingerprint density at radius 3 is 2.67 bits per heavy atom. The number of hydrogen-bond donors (Lipinski definition) is 1. The molecule has 0 bridgehead atoms. The number of amides is 2. The highest BCUT2D eigenvalue weighted by Gasteiger charge is 2.45. The summed E-state index contributed by atoms with van der Waals surface area (Å²) in [5.74, 6) is 0.333. The SMILES string of the molecule is CNC(=O)[C@]1(c2ccccn2)CCCN(C(=O)c2ccccc2OCCN2CCOCC2)C1. The van der Waals surface area contributed by atoms with Gasteiger partial charge in [-0.05, 0) is 37.1 Å². The maximum absolute atomic E-state index is 13.6. The van der Waals surface area contributed by atoms with Gasteiger partial charge in [0.15, 0.2) is 0 Å². The number of morpholine rings is 1. The molecule has 2 saturated heterocycles. The highest BCUT2D eigenvalue weighted by Crippen LogP contribution is 2.34. The van der Waals surface area contributed by atoms with E-state index in [2.05, 4.69) is 15.2 Å². The first kappa shape index (κ1) is 23.2. The summed E-state index contributed by atoms with van der Waals surface area (Å²) < 4.78 is 11.4. The zero-order chi connectivity index (χ0) is 23.1. The fourth-order valence-corrected chi connectivity index (χ4v) is 4.67. The molecule has 4 rings (SSSR count). The number of ether oxygens (including phenoxy) is 2. The summed E-state index contributed by atoms with van der Waals surface area (Å²) in [6.45, 7) is 5.44. The molecule has 8 heteroatoms. The molecule has 3 heterocycles. The molecule has 0 unspecified atom stereocenters. The number of piperidine rings is 1. The average molecular weight is 453 g/mol. The predicted octanol–water partition coefficient (Wildman–Crippen LogP) is 1.71. The van der Waals surface area contributed by atoms with Gasteiger partial charge in [0.1, 0.15) is 17.8 Å². The molecule has 176 valence electrons. The number of nitrogens with zero attached hydrogens (tertiary/aromatic N) is 3. The summed E-state index contributed by atoms with van der Waals surface area (Å²) in [5.41, 5.74) is 0.348. The Morgan fingerprint density at radius 2 is 1.91 bits per heavy atom. The first-order valence-corrected chi connectivity index (χ1v) is 11.6. The van der Waals surface area contributed by atoms with Crippen molar-refractivity contribution in [3.05, 3.63) is 59.9 Å². The van der Waals surface area contributed by atoms with Crippen molar-refractivity contribution in [2.45, 2.75) is 18.3 Å². The Balaban J connectivity index is 1.50. The summed E-state index contributed by atoms with van der Waals surface area (Å²) in [6.07, 6.45) is 3.05. The van der Waals surface area contributed by atoms with Crippen LogP contribution in [0, 0.1) is 0 Å². The number of benzene rings is 1. The monoisotopic (exact) mass is 452 g/mol. The molecule has 1 atom stereocenters. The van der Waals surface area contributed by atoms with Gasteiger partial charge in [-0.3, -0.25) is 19.5 Å². The second-order valence-electron chi connectivity index (χ2n) is 8.51. The van der Waals surface area contributed by atoms with Gasteiger partial charge in [-0.15, -0.1) is 0 Å². The number of carbonyl (C=O) groups is 2. The van der Waals surface area contributed by atoms with Crippen LogP contribution >= 0.6 is 0 Å². The van der Waals surface area contributed by atoms with E-state index in [1.54, 1.807) is 24.2 Å². The molecule has 0 saturated carbocycles. The third kappa shape index (κ3) is 5.17. The number of aromatic nitrogens is 1. The van der Waals surface area contributed by atoms with Gasteiger partial charge in [0.25, 0.3) is 5.91 Å². The molecular formula is C25H32N4O4. The first-order chi connectivity index (χ1) is 16.1. The summed E-state index contributed by atoms with van der Waals surface area (Å²) in [5, 5.41) is 2.79. The smallest absolute Gasteiger partial charge is 0.257 e. The number of hydrogen-bond acceptors (Lipinski definition) is 6. The molecule has 0 aliphatic carbocycles. The van der Waals surface area contributed by atoms with Crippen molar-refractivity contribution in [2.75, 3.05) is 59.6 Å². The molecule has 1 aromatic heterocycles. The quantitative estimate of drug-likeness (QED) is 0.689. The molecule has 1 aromatic carbocycles. The molecule has 2 fully saturated rings. The van der Waals surface area contributed by atoms with E-state index in [0.717, 1.165) is 39.3 Å². The van der Waals surface area contributed by atoms with Crippen LogP contribution in [0.4, 0.5) is 0 Å². The fraction of sp³-hybridized carbons (Fsp3) is 0.480. The van der Waals surface area contributed by atoms with Crippen LogP contribution in [0.2, 0.25) is 0 Å². The van der Waals surface area contributed by atoms with Crippen LogP contribution in [0.3, 0.4) is 0 Å². The van der Waals surface area contributed by atoms with Crippen LogP contribution in [-0.2, 0) is 14.9 Å². The maximum atomic E-state index is 13.6. The van der Waals surface area contributed by atoms with E-state index in [9.17, 15) is 9.59 Å². The standard InChI is InChI=1S/C25H32N4O4/c1-26-24(31)25(22-9-4-5-11-27-22)10-6-12-29(19-25)23(30)20-7-2-3-8-21(20)33-18-15-28-13-16-32-17-14-28/h2-5,7-9,11H,6,10,12-19H2,1H3,(H,26,31)/t25-/m1/s1. The Kier molecular flexibility index (Phi) is 7.57. The molecule has 2 aromatic rings. The van der Waals surface area contributed by atoms with Gasteiger partial charge in [0, 0.05) is 46.0 Å².